The molecule has 0 unspecified atom stereocenters. The van der Waals surface area contributed by atoms with Gasteiger partial charge in [-0.05, 0) is 64.7 Å². The molecule has 0 aromatic rings. The predicted octanol–water partition coefficient (Wildman–Crippen LogP) is 10.2. The second kappa shape index (κ2) is 29.8. The Morgan fingerprint density at radius 2 is 1.21 bits per heavy atom. The first-order valence-corrected chi connectivity index (χ1v) is 25.5. The van der Waals surface area contributed by atoms with E-state index < -0.39 is 61.6 Å². The van der Waals surface area contributed by atoms with Crippen molar-refractivity contribution in [1.82, 2.24) is 0 Å². The van der Waals surface area contributed by atoms with Crippen molar-refractivity contribution in [3.05, 3.63) is 24.3 Å². The minimum absolute atomic E-state index is 0.169. The number of unbranched alkanes of at least 4 members (excludes halogenated alkanes) is 4. The summed E-state index contributed by atoms with van der Waals surface area (Å²) >= 11 is 0. The van der Waals surface area contributed by atoms with E-state index >= 15 is 0 Å². The van der Waals surface area contributed by atoms with Crippen molar-refractivity contribution in [3.63, 3.8) is 0 Å². The number of hydrogen-bond acceptors (Lipinski definition) is 12. The van der Waals surface area contributed by atoms with Gasteiger partial charge in [0.2, 0.25) is 0 Å². The van der Waals surface area contributed by atoms with Crippen molar-refractivity contribution in [2.45, 2.75) is 224 Å². The van der Waals surface area contributed by atoms with Crippen LogP contribution in [0.3, 0.4) is 0 Å². The zero-order valence-corrected chi connectivity index (χ0v) is 36.4. The molecule has 0 aromatic heterocycles. The first-order valence-electron chi connectivity index (χ1n) is 21.5. The average Bonchev–Trinajstić information content (AvgIpc) is 3.09. The van der Waals surface area contributed by atoms with Crippen LogP contribution in [-0.4, -0.2) is 60.2 Å². The van der Waals surface area contributed by atoms with Gasteiger partial charge in [-0.1, -0.05) is 140 Å². The molecule has 0 radical (unpaired) electrons. The highest BCUT2D eigenvalue weighted by atomic mass is 32.3. The van der Waals surface area contributed by atoms with Gasteiger partial charge < -0.3 is 4.74 Å². The number of cyclic esters (lactones) is 1. The maximum atomic E-state index is 12.8. The average molecular weight is 857 g/mol. The van der Waals surface area contributed by atoms with E-state index in [0.717, 1.165) is 154 Å². The first kappa shape index (κ1) is 50.7. The van der Waals surface area contributed by atoms with E-state index in [2.05, 4.69) is 9.71 Å². The molecule has 0 aliphatic carbocycles. The number of rotatable bonds is 11. The van der Waals surface area contributed by atoms with Crippen LogP contribution in [0.4, 0.5) is 0 Å². The molecule has 1 fully saturated rings. The van der Waals surface area contributed by atoms with Crippen LogP contribution in [-0.2, 0) is 56.9 Å². The van der Waals surface area contributed by atoms with Crippen LogP contribution < -0.4 is 0 Å². The fourth-order valence-electron chi connectivity index (χ4n) is 7.46. The van der Waals surface area contributed by atoms with E-state index in [9.17, 15) is 34.6 Å². The molecular weight excluding hydrogens is 785 g/mol. The van der Waals surface area contributed by atoms with E-state index in [1.807, 2.05) is 19.1 Å². The molecule has 56 heavy (non-hydrogen) atoms. The summed E-state index contributed by atoms with van der Waals surface area (Å²) in [7, 11) is -14.1. The van der Waals surface area contributed by atoms with Gasteiger partial charge in [0, 0.05) is 18.9 Å². The molecule has 1 N–H and O–H groups in total. The summed E-state index contributed by atoms with van der Waals surface area (Å²) in [5, 5.41) is 0. The molecular formula is C40H72O13S3. The van der Waals surface area contributed by atoms with Crippen LogP contribution in [0.25, 0.3) is 0 Å². The molecule has 0 saturated carbocycles. The third kappa shape index (κ3) is 28.1. The SMILES string of the molecule is C/C=C/CCCCCC[C@H](C[C@H]1CCCCCCCCCCC[C@@H]2C[C@@H](CCCCCCCCCCC/C=C/C(=O)O1)OS(=O)(=O)OS(=O)(=O)O2)OS(=O)(=O)O. The van der Waals surface area contributed by atoms with Crippen molar-refractivity contribution in [2.24, 2.45) is 0 Å². The van der Waals surface area contributed by atoms with Crippen molar-refractivity contribution in [3.8, 4) is 0 Å². The summed E-state index contributed by atoms with van der Waals surface area (Å²) in [6.45, 7) is 1.99. The standard InChI is InChI=1S/C40H72O13S3/c1-2-3-4-5-14-20-25-30-37(50-54(42,43)44)34-36-29-24-19-15-11-9-12-17-22-27-32-39-35-38(51-55(45,46)53-56(47,48)52-39)31-26-21-16-10-7-6-8-13-18-23-28-33-40(41)49-36/h2-3,28,33,36-39H,4-27,29-32,34-35H2,1H3,(H,42,43,44)/b3-2+,33-28+/t36-,37-,38-,39-/m1/s1. The molecule has 2 rings (SSSR count). The van der Waals surface area contributed by atoms with Crippen molar-refractivity contribution < 1.29 is 55.5 Å². The third-order valence-corrected chi connectivity index (χ3v) is 13.2. The maximum Gasteiger partial charge on any atom is 0.416 e. The third-order valence-electron chi connectivity index (χ3n) is 10.4. The number of allylic oxidation sites excluding steroid dienone is 3. The van der Waals surface area contributed by atoms with E-state index in [1.54, 1.807) is 0 Å². The Labute approximate surface area is 339 Å². The van der Waals surface area contributed by atoms with Gasteiger partial charge >= 0.3 is 37.2 Å². The van der Waals surface area contributed by atoms with Crippen LogP contribution >= 0.6 is 0 Å². The highest BCUT2D eigenvalue weighted by molar-refractivity contribution is 7.95. The molecule has 2 heterocycles. The predicted molar refractivity (Wildman–Crippen MR) is 217 cm³/mol. The minimum atomic E-state index is -4.74. The van der Waals surface area contributed by atoms with Crippen molar-refractivity contribution in [1.29, 1.82) is 0 Å². The van der Waals surface area contributed by atoms with Crippen molar-refractivity contribution >= 4 is 37.2 Å². The second-order valence-corrected chi connectivity index (χ2v) is 19.1. The zero-order chi connectivity index (χ0) is 41.0. The van der Waals surface area contributed by atoms with E-state index in [0.29, 0.717) is 25.7 Å². The lowest BCUT2D eigenvalue weighted by molar-refractivity contribution is -0.144. The van der Waals surface area contributed by atoms with Crippen LogP contribution in [0.1, 0.15) is 200 Å². The molecule has 4 atom stereocenters. The van der Waals surface area contributed by atoms with Crippen LogP contribution in [0.2, 0.25) is 0 Å². The van der Waals surface area contributed by atoms with Gasteiger partial charge in [-0.2, -0.15) is 25.3 Å². The summed E-state index contributed by atoms with van der Waals surface area (Å²) in [5.74, 6) is -0.450. The van der Waals surface area contributed by atoms with Crippen molar-refractivity contribution in [2.75, 3.05) is 0 Å². The Bertz CT molecular complexity index is 1430. The first-order chi connectivity index (χ1) is 26.8. The Hall–Kier alpha value is -1.40. The minimum Gasteiger partial charge on any atom is -0.459 e. The fraction of sp³-hybridized carbons (Fsp3) is 0.875. The van der Waals surface area contributed by atoms with Gasteiger partial charge in [0.05, 0.1) is 18.3 Å². The lowest BCUT2D eigenvalue weighted by atomic mass is 9.99. The number of esters is 1. The van der Waals surface area contributed by atoms with Crippen LogP contribution in [0, 0.1) is 0 Å². The fourth-order valence-corrected chi connectivity index (χ4v) is 10.1. The molecule has 16 heteroatoms. The lowest BCUT2D eigenvalue weighted by Gasteiger charge is -2.25. The molecule has 2 aliphatic heterocycles. The maximum absolute atomic E-state index is 12.8. The van der Waals surface area contributed by atoms with Gasteiger partial charge in [0.25, 0.3) is 0 Å². The molecule has 2 aliphatic rings. The zero-order valence-electron chi connectivity index (χ0n) is 33.9. The number of carbonyl (C=O) groups excluding carboxylic acids is 1. The molecule has 0 aromatic carbocycles. The molecule has 0 spiro atoms. The largest absolute Gasteiger partial charge is 0.459 e. The molecule has 2 bridgehead atoms. The highest BCUT2D eigenvalue weighted by Crippen LogP contribution is 2.27. The van der Waals surface area contributed by atoms with E-state index in [4.69, 9.17) is 17.3 Å². The van der Waals surface area contributed by atoms with Crippen LogP contribution in [0.5, 0.6) is 0 Å². The van der Waals surface area contributed by atoms with Crippen LogP contribution in [0.15, 0.2) is 24.3 Å². The number of ether oxygens (including phenoxy) is 1. The van der Waals surface area contributed by atoms with Gasteiger partial charge in [-0.25, -0.2) is 17.3 Å². The molecule has 0 amide bonds. The number of fused-ring (bicyclic) bond motifs is 2. The normalized spacial score (nSPS) is 26.9. The summed E-state index contributed by atoms with van der Waals surface area (Å²) in [5.41, 5.74) is 0. The van der Waals surface area contributed by atoms with Gasteiger partial charge in [-0.15, -0.1) is 3.63 Å². The lowest BCUT2D eigenvalue weighted by Crippen LogP contribution is -2.34. The van der Waals surface area contributed by atoms with Gasteiger partial charge in [0.1, 0.15) is 6.10 Å². The molecule has 13 nitrogen and oxygen atoms in total. The summed E-state index contributed by atoms with van der Waals surface area (Å²) in [6.07, 6.45) is 29.9. The Kier molecular flexibility index (Phi) is 27.0. The molecule has 1 saturated heterocycles. The smallest absolute Gasteiger partial charge is 0.416 e. The highest BCUT2D eigenvalue weighted by Gasteiger charge is 2.35. The monoisotopic (exact) mass is 856 g/mol. The van der Waals surface area contributed by atoms with Gasteiger partial charge in [-0.3, -0.25) is 4.55 Å². The molecule has 328 valence electrons. The summed E-state index contributed by atoms with van der Waals surface area (Å²) in [6, 6.07) is 0. The van der Waals surface area contributed by atoms with E-state index in [-0.39, 0.29) is 12.8 Å². The number of carbonyl (C=O) groups is 1. The number of hydrogen-bond donors (Lipinski definition) is 1. The Balaban J connectivity index is 1.96. The summed E-state index contributed by atoms with van der Waals surface area (Å²) in [4.78, 5) is 12.8. The quantitative estimate of drug-likeness (QED) is 0.0896. The second-order valence-electron chi connectivity index (χ2n) is 15.5. The topological polar surface area (TPSA) is 186 Å². The summed E-state index contributed by atoms with van der Waals surface area (Å²) < 4.78 is 107. The van der Waals surface area contributed by atoms with Gasteiger partial charge in [0.15, 0.2) is 0 Å². The Morgan fingerprint density at radius 3 is 1.73 bits per heavy atom. The Morgan fingerprint density at radius 1 is 0.732 bits per heavy atom. The van der Waals surface area contributed by atoms with E-state index in [1.165, 1.54) is 6.08 Å².